The maximum absolute atomic E-state index is 13.2. The predicted molar refractivity (Wildman–Crippen MR) is 152 cm³/mol. The number of hydrogen-bond donors (Lipinski definition) is 0. The minimum atomic E-state index is -0.233. The molecule has 7 nitrogen and oxygen atoms in total. The fourth-order valence-electron chi connectivity index (χ4n) is 4.04. The zero-order chi connectivity index (χ0) is 26.1. The summed E-state index contributed by atoms with van der Waals surface area (Å²) < 4.78 is 8.93. The second kappa shape index (κ2) is 10.1. The Bertz CT molecular complexity index is 1890. The summed E-state index contributed by atoms with van der Waals surface area (Å²) in [5, 5.41) is 9.70. The molecule has 0 saturated carbocycles. The number of fused-ring (bicyclic) bond motifs is 1. The van der Waals surface area contributed by atoms with Gasteiger partial charge in [-0.1, -0.05) is 77.5 Å². The van der Waals surface area contributed by atoms with Crippen LogP contribution in [0.1, 0.15) is 17.0 Å². The molecule has 6 aromatic rings. The lowest BCUT2D eigenvalue weighted by Gasteiger charge is -2.05. The van der Waals surface area contributed by atoms with Crippen molar-refractivity contribution < 1.29 is 4.74 Å². The lowest BCUT2D eigenvalue weighted by Crippen LogP contribution is -2.23. The molecular weight excluding hydrogens is 518 g/mol. The maximum atomic E-state index is 13.2. The summed E-state index contributed by atoms with van der Waals surface area (Å²) >= 11 is 7.70. The highest BCUT2D eigenvalue weighted by Gasteiger charge is 2.15. The van der Waals surface area contributed by atoms with Crippen LogP contribution in [0.15, 0.2) is 89.9 Å². The van der Waals surface area contributed by atoms with E-state index in [-0.39, 0.29) is 5.56 Å². The topological polar surface area (TPSA) is 74.3 Å². The quantitative estimate of drug-likeness (QED) is 0.285. The second-order valence-corrected chi connectivity index (χ2v) is 9.80. The van der Waals surface area contributed by atoms with E-state index in [4.69, 9.17) is 21.4 Å². The Balaban J connectivity index is 1.43. The van der Waals surface area contributed by atoms with E-state index in [1.165, 1.54) is 15.9 Å². The van der Waals surface area contributed by atoms with Gasteiger partial charge in [-0.05, 0) is 48.0 Å². The fourth-order valence-corrected chi connectivity index (χ4v) is 5.20. The third kappa shape index (κ3) is 4.63. The zero-order valence-corrected chi connectivity index (χ0v) is 21.7. The molecule has 3 aromatic carbocycles. The Labute approximate surface area is 226 Å². The molecule has 0 fully saturated rings. The first kappa shape index (κ1) is 23.8. The first-order valence-corrected chi connectivity index (χ1v) is 12.9. The van der Waals surface area contributed by atoms with Crippen LogP contribution in [0, 0.1) is 0 Å². The lowest BCUT2D eigenvalue weighted by atomic mass is 10.1. The van der Waals surface area contributed by atoms with Gasteiger partial charge in [0, 0.05) is 17.3 Å². The first-order valence-electron chi connectivity index (χ1n) is 11.7. The molecule has 0 aliphatic carbocycles. The van der Waals surface area contributed by atoms with Crippen molar-refractivity contribution in [3.8, 4) is 22.7 Å². The molecule has 0 amide bonds. The number of methoxy groups -OCH3 is 1. The molecule has 38 heavy (non-hydrogen) atoms. The maximum Gasteiger partial charge on any atom is 0.291 e. The molecular formula is C29H20ClN5O2S. The van der Waals surface area contributed by atoms with Gasteiger partial charge in [-0.25, -0.2) is 4.68 Å². The van der Waals surface area contributed by atoms with Gasteiger partial charge in [0.05, 0.1) is 22.4 Å². The van der Waals surface area contributed by atoms with E-state index in [2.05, 4.69) is 10.1 Å². The molecule has 0 bridgehead atoms. The molecule has 0 aliphatic rings. The van der Waals surface area contributed by atoms with Crippen molar-refractivity contribution in [1.29, 1.82) is 0 Å². The number of benzene rings is 3. The molecule has 0 spiro atoms. The van der Waals surface area contributed by atoms with Gasteiger partial charge < -0.3 is 4.74 Å². The summed E-state index contributed by atoms with van der Waals surface area (Å²) in [6.45, 7) is 0. The number of aromatic nitrogens is 5. The smallest absolute Gasteiger partial charge is 0.291 e. The van der Waals surface area contributed by atoms with E-state index >= 15 is 0 Å². The molecule has 0 unspecified atom stereocenters. The molecule has 186 valence electrons. The first-order chi connectivity index (χ1) is 18.6. The predicted octanol–water partition coefficient (Wildman–Crippen LogP) is 5.38. The summed E-state index contributed by atoms with van der Waals surface area (Å²) in [6, 6.07) is 25.1. The normalized spacial score (nSPS) is 12.1. The average molecular weight is 538 g/mol. The molecule has 3 heterocycles. The summed E-state index contributed by atoms with van der Waals surface area (Å²) in [5.74, 6) is 1.06. The van der Waals surface area contributed by atoms with Gasteiger partial charge in [-0.2, -0.15) is 14.6 Å². The molecule has 9 heteroatoms. The second-order valence-electron chi connectivity index (χ2n) is 8.39. The van der Waals surface area contributed by atoms with Crippen LogP contribution in [0.25, 0.3) is 40.1 Å². The summed E-state index contributed by atoms with van der Waals surface area (Å²) in [5.41, 5.74) is 3.95. The molecule has 0 atom stereocenters. The third-order valence-corrected chi connectivity index (χ3v) is 7.15. The Morgan fingerprint density at radius 1 is 0.947 bits per heavy atom. The summed E-state index contributed by atoms with van der Waals surface area (Å²) in [6.07, 6.45) is 7.43. The average Bonchev–Trinajstić information content (AvgIpc) is 3.63. The van der Waals surface area contributed by atoms with Crippen molar-refractivity contribution in [2.75, 3.05) is 7.11 Å². The Morgan fingerprint density at radius 3 is 2.42 bits per heavy atom. The van der Waals surface area contributed by atoms with Crippen LogP contribution in [0.2, 0.25) is 5.02 Å². The van der Waals surface area contributed by atoms with Crippen molar-refractivity contribution in [1.82, 2.24) is 24.4 Å². The Kier molecular flexibility index (Phi) is 6.33. The summed E-state index contributed by atoms with van der Waals surface area (Å²) in [7, 11) is 1.57. The van der Waals surface area contributed by atoms with Crippen LogP contribution in [0.4, 0.5) is 0 Å². The monoisotopic (exact) mass is 537 g/mol. The van der Waals surface area contributed by atoms with Crippen molar-refractivity contribution >= 4 is 46.1 Å². The highest BCUT2D eigenvalue weighted by Crippen LogP contribution is 2.32. The molecule has 0 N–H and O–H groups in total. The van der Waals surface area contributed by atoms with E-state index < -0.39 is 0 Å². The standard InChI is InChI=1S/C29H20ClN5O2S/c1-37-24-14-13-20(16-23(24)30)27-21(18-34(33-27)22-10-6-3-7-11-22)17-25-28(36)35-29(38-25)31-26(32-35)15-12-19-8-4-2-5-9-19/h2-18H,1H3. The van der Waals surface area contributed by atoms with Gasteiger partial charge in [-0.3, -0.25) is 4.79 Å². The number of ether oxygens (including phenoxy) is 1. The number of thiazole rings is 1. The van der Waals surface area contributed by atoms with Crippen LogP contribution < -0.4 is 14.8 Å². The molecule has 0 radical (unpaired) electrons. The Hall–Kier alpha value is -4.53. The van der Waals surface area contributed by atoms with Crippen LogP contribution in [-0.4, -0.2) is 31.5 Å². The van der Waals surface area contributed by atoms with E-state index in [0.29, 0.717) is 31.8 Å². The molecule has 6 rings (SSSR count). The van der Waals surface area contributed by atoms with Crippen LogP contribution in [0.5, 0.6) is 5.75 Å². The van der Waals surface area contributed by atoms with Gasteiger partial charge in [-0.15, -0.1) is 5.10 Å². The fraction of sp³-hybridized carbons (Fsp3) is 0.0345. The third-order valence-electron chi connectivity index (χ3n) is 5.90. The minimum absolute atomic E-state index is 0.233. The van der Waals surface area contributed by atoms with Crippen molar-refractivity contribution in [3.63, 3.8) is 0 Å². The van der Waals surface area contributed by atoms with Gasteiger partial charge >= 0.3 is 0 Å². The highest BCUT2D eigenvalue weighted by atomic mass is 35.5. The molecule has 0 aliphatic heterocycles. The van der Waals surface area contributed by atoms with Crippen molar-refractivity contribution in [3.05, 3.63) is 122 Å². The number of para-hydroxylation sites is 1. The van der Waals surface area contributed by atoms with E-state index in [0.717, 1.165) is 22.4 Å². The van der Waals surface area contributed by atoms with Gasteiger partial charge in [0.15, 0.2) is 5.82 Å². The van der Waals surface area contributed by atoms with Crippen molar-refractivity contribution in [2.24, 2.45) is 0 Å². The minimum Gasteiger partial charge on any atom is -0.495 e. The summed E-state index contributed by atoms with van der Waals surface area (Å²) in [4.78, 5) is 18.3. The molecule has 0 saturated heterocycles. The number of rotatable bonds is 6. The zero-order valence-electron chi connectivity index (χ0n) is 20.2. The largest absolute Gasteiger partial charge is 0.495 e. The highest BCUT2D eigenvalue weighted by molar-refractivity contribution is 7.15. The number of hydrogen-bond acceptors (Lipinski definition) is 6. The SMILES string of the molecule is COc1ccc(-c2nn(-c3ccccc3)cc2C=c2sc3nc(C=Cc4ccccc4)nn3c2=O)cc1Cl. The van der Waals surface area contributed by atoms with Crippen molar-refractivity contribution in [2.45, 2.75) is 0 Å². The van der Waals surface area contributed by atoms with Crippen LogP contribution in [0.3, 0.4) is 0 Å². The van der Waals surface area contributed by atoms with Gasteiger partial charge in [0.2, 0.25) is 4.96 Å². The Morgan fingerprint density at radius 2 is 1.71 bits per heavy atom. The lowest BCUT2D eigenvalue weighted by molar-refractivity contribution is 0.415. The van der Waals surface area contributed by atoms with Crippen LogP contribution in [-0.2, 0) is 0 Å². The van der Waals surface area contributed by atoms with E-state index in [9.17, 15) is 4.79 Å². The number of halogens is 1. The molecule has 3 aromatic heterocycles. The van der Waals surface area contributed by atoms with Crippen LogP contribution >= 0.6 is 22.9 Å². The van der Waals surface area contributed by atoms with Gasteiger partial charge in [0.25, 0.3) is 5.56 Å². The van der Waals surface area contributed by atoms with E-state index in [1.54, 1.807) is 23.9 Å². The van der Waals surface area contributed by atoms with Gasteiger partial charge in [0.1, 0.15) is 11.4 Å². The van der Waals surface area contributed by atoms with E-state index in [1.807, 2.05) is 91.1 Å². The number of nitrogens with zero attached hydrogens (tertiary/aromatic N) is 5.